The topological polar surface area (TPSA) is 111 Å². The highest BCUT2D eigenvalue weighted by molar-refractivity contribution is 6.30. The second-order valence-electron chi connectivity index (χ2n) is 8.44. The Morgan fingerprint density at radius 1 is 1.07 bits per heavy atom. The van der Waals surface area contributed by atoms with Crippen molar-refractivity contribution in [3.05, 3.63) is 28.8 Å². The lowest BCUT2D eigenvalue weighted by molar-refractivity contribution is -0.141. The van der Waals surface area contributed by atoms with E-state index in [1.807, 2.05) is 0 Å². The molecule has 0 unspecified atom stereocenters. The van der Waals surface area contributed by atoms with Crippen molar-refractivity contribution in [2.45, 2.75) is 59.2 Å². The highest BCUT2D eigenvalue weighted by Crippen LogP contribution is 2.26. The second-order valence-corrected chi connectivity index (χ2v) is 8.88. The first-order valence-electron chi connectivity index (χ1n) is 9.05. The molecule has 162 valence electrons. The molecule has 9 heteroatoms. The highest BCUT2D eigenvalue weighted by atomic mass is 35.5. The monoisotopic (exact) mass is 429 g/mol. The fourth-order valence-electron chi connectivity index (χ4n) is 2.20. The second kappa shape index (κ2) is 9.82. The number of amides is 1. The molecule has 1 aromatic rings. The molecular weight excluding hydrogens is 402 g/mol. The van der Waals surface area contributed by atoms with E-state index in [1.54, 1.807) is 41.5 Å². The number of ether oxygens (including phenoxy) is 3. The molecular formula is C20H28ClNO7. The minimum atomic E-state index is -1.13. The number of halogens is 1. The minimum absolute atomic E-state index is 0.0379. The maximum absolute atomic E-state index is 12.0. The van der Waals surface area contributed by atoms with Crippen LogP contribution in [0.25, 0.3) is 0 Å². The zero-order valence-corrected chi connectivity index (χ0v) is 18.3. The van der Waals surface area contributed by atoms with E-state index < -0.39 is 35.3 Å². The third kappa shape index (κ3) is 10.0. The quantitative estimate of drug-likeness (QED) is 0.508. The molecule has 1 rings (SSSR count). The molecule has 1 atom stereocenters. The predicted molar refractivity (Wildman–Crippen MR) is 107 cm³/mol. The van der Waals surface area contributed by atoms with Gasteiger partial charge in [-0.05, 0) is 71.7 Å². The maximum Gasteiger partial charge on any atom is 0.514 e. The number of hydrogen-bond acceptors (Lipinski definition) is 6. The van der Waals surface area contributed by atoms with Crippen LogP contribution in [0.2, 0.25) is 5.02 Å². The zero-order valence-electron chi connectivity index (χ0n) is 17.5. The maximum atomic E-state index is 12.0. The molecule has 2 N–H and O–H groups in total. The van der Waals surface area contributed by atoms with Gasteiger partial charge in [-0.3, -0.25) is 4.79 Å². The van der Waals surface area contributed by atoms with Gasteiger partial charge in [0.15, 0.2) is 0 Å². The summed E-state index contributed by atoms with van der Waals surface area (Å²) in [6.07, 6.45) is -1.68. The molecule has 1 amide bonds. The minimum Gasteiger partial charge on any atom is -0.481 e. The van der Waals surface area contributed by atoms with Crippen LogP contribution in [-0.4, -0.2) is 41.1 Å². The van der Waals surface area contributed by atoms with Crippen molar-refractivity contribution in [1.82, 2.24) is 5.32 Å². The molecule has 0 aliphatic heterocycles. The van der Waals surface area contributed by atoms with Crippen LogP contribution >= 0.6 is 11.6 Å². The Morgan fingerprint density at radius 2 is 1.66 bits per heavy atom. The number of rotatable bonds is 6. The normalized spacial score (nSPS) is 12.7. The Labute approximate surface area is 175 Å². The van der Waals surface area contributed by atoms with Gasteiger partial charge in [-0.15, -0.1) is 0 Å². The highest BCUT2D eigenvalue weighted by Gasteiger charge is 2.25. The fourth-order valence-corrected chi connectivity index (χ4v) is 2.40. The summed E-state index contributed by atoms with van der Waals surface area (Å²) >= 11 is 6.01. The molecule has 0 aliphatic rings. The van der Waals surface area contributed by atoms with Gasteiger partial charge < -0.3 is 24.6 Å². The molecule has 0 radical (unpaired) electrons. The Kier molecular flexibility index (Phi) is 8.32. The number of hydrogen-bond donors (Lipinski definition) is 2. The lowest BCUT2D eigenvalue weighted by atomic mass is 9.98. The first kappa shape index (κ1) is 24.6. The van der Waals surface area contributed by atoms with Gasteiger partial charge >= 0.3 is 18.2 Å². The summed E-state index contributed by atoms with van der Waals surface area (Å²) in [6, 6.07) is 4.48. The molecule has 0 bridgehead atoms. The van der Waals surface area contributed by atoms with E-state index >= 15 is 0 Å². The molecule has 0 saturated carbocycles. The molecule has 1 aromatic carbocycles. The van der Waals surface area contributed by atoms with E-state index in [0.717, 1.165) is 0 Å². The third-order valence-electron chi connectivity index (χ3n) is 3.31. The molecule has 0 spiro atoms. The van der Waals surface area contributed by atoms with Crippen molar-refractivity contribution >= 4 is 29.8 Å². The average molecular weight is 430 g/mol. The Bertz CT molecular complexity index is 750. The fraction of sp³-hybridized carbons (Fsp3) is 0.550. The standard InChI is InChI=1S/C20H28ClNO7/c1-19(2,3)28-17(25)22-11-13(16(23)24)9-12-10-14(21)7-8-15(12)27-18(26)29-20(4,5)6/h7-8,10,13H,9,11H2,1-6H3,(H,22,25)(H,23,24)/t13-/m1/s1. The number of benzene rings is 1. The summed E-state index contributed by atoms with van der Waals surface area (Å²) in [7, 11) is 0. The summed E-state index contributed by atoms with van der Waals surface area (Å²) in [4.78, 5) is 35.4. The lowest BCUT2D eigenvalue weighted by Gasteiger charge is -2.21. The van der Waals surface area contributed by atoms with Crippen molar-refractivity contribution in [3.8, 4) is 5.75 Å². The van der Waals surface area contributed by atoms with Gasteiger partial charge in [0.1, 0.15) is 17.0 Å². The Hall–Kier alpha value is -2.48. The SMILES string of the molecule is CC(C)(C)OC(=O)NC[C@@H](Cc1cc(Cl)ccc1OC(=O)OC(C)(C)C)C(=O)O. The van der Waals surface area contributed by atoms with E-state index in [1.165, 1.54) is 18.2 Å². The zero-order chi connectivity index (χ0) is 22.4. The van der Waals surface area contributed by atoms with E-state index in [9.17, 15) is 19.5 Å². The predicted octanol–water partition coefficient (Wildman–Crippen LogP) is 4.42. The summed E-state index contributed by atoms with van der Waals surface area (Å²) < 4.78 is 15.5. The van der Waals surface area contributed by atoms with Gasteiger partial charge in [-0.25, -0.2) is 9.59 Å². The van der Waals surface area contributed by atoms with Crippen molar-refractivity contribution in [2.24, 2.45) is 5.92 Å². The van der Waals surface area contributed by atoms with Crippen molar-refractivity contribution in [1.29, 1.82) is 0 Å². The summed E-state index contributed by atoms with van der Waals surface area (Å²) in [6.45, 7) is 10.0. The van der Waals surface area contributed by atoms with Gasteiger partial charge in [0.05, 0.1) is 5.92 Å². The number of carbonyl (C=O) groups is 3. The number of alkyl carbamates (subject to hydrolysis) is 1. The van der Waals surface area contributed by atoms with Crippen molar-refractivity contribution in [2.75, 3.05) is 6.54 Å². The largest absolute Gasteiger partial charge is 0.514 e. The van der Waals surface area contributed by atoms with Crippen LogP contribution in [0.3, 0.4) is 0 Å². The molecule has 0 aliphatic carbocycles. The summed E-state index contributed by atoms with van der Waals surface area (Å²) in [5.41, 5.74) is -1.06. The number of carbonyl (C=O) groups excluding carboxylic acids is 2. The smallest absolute Gasteiger partial charge is 0.481 e. The van der Waals surface area contributed by atoms with Crippen LogP contribution in [0.15, 0.2) is 18.2 Å². The van der Waals surface area contributed by atoms with Crippen molar-refractivity contribution in [3.63, 3.8) is 0 Å². The van der Waals surface area contributed by atoms with Crippen LogP contribution in [0.5, 0.6) is 5.75 Å². The number of carboxylic acid groups (broad SMARTS) is 1. The van der Waals surface area contributed by atoms with Gasteiger partial charge in [-0.1, -0.05) is 11.6 Å². The molecule has 0 saturated heterocycles. The molecule has 0 heterocycles. The average Bonchev–Trinajstić information content (AvgIpc) is 2.50. The first-order valence-corrected chi connectivity index (χ1v) is 9.43. The third-order valence-corrected chi connectivity index (χ3v) is 3.55. The van der Waals surface area contributed by atoms with E-state index in [0.29, 0.717) is 10.6 Å². The van der Waals surface area contributed by atoms with Gasteiger partial charge in [0.25, 0.3) is 0 Å². The lowest BCUT2D eigenvalue weighted by Crippen LogP contribution is -2.37. The Morgan fingerprint density at radius 3 is 2.17 bits per heavy atom. The van der Waals surface area contributed by atoms with Gasteiger partial charge in [0.2, 0.25) is 0 Å². The number of carboxylic acids is 1. The van der Waals surface area contributed by atoms with Crippen LogP contribution in [0.1, 0.15) is 47.1 Å². The van der Waals surface area contributed by atoms with Crippen molar-refractivity contribution < 1.29 is 33.7 Å². The molecule has 0 fully saturated rings. The summed E-state index contributed by atoms with van der Waals surface area (Å²) in [5.74, 6) is -2.00. The van der Waals surface area contributed by atoms with Crippen LogP contribution < -0.4 is 10.1 Å². The molecule has 0 aromatic heterocycles. The van der Waals surface area contributed by atoms with E-state index in [-0.39, 0.29) is 18.7 Å². The van der Waals surface area contributed by atoms with Gasteiger partial charge in [0, 0.05) is 11.6 Å². The number of nitrogens with one attached hydrogen (secondary N) is 1. The molecule has 8 nitrogen and oxygen atoms in total. The van der Waals surface area contributed by atoms with Crippen LogP contribution in [0.4, 0.5) is 9.59 Å². The molecule has 29 heavy (non-hydrogen) atoms. The van der Waals surface area contributed by atoms with E-state index in [4.69, 9.17) is 25.8 Å². The van der Waals surface area contributed by atoms with Crippen LogP contribution in [0, 0.1) is 5.92 Å². The summed E-state index contributed by atoms with van der Waals surface area (Å²) in [5, 5.41) is 12.3. The van der Waals surface area contributed by atoms with Crippen LogP contribution in [-0.2, 0) is 20.7 Å². The first-order chi connectivity index (χ1) is 13.2. The number of aliphatic carboxylic acids is 1. The van der Waals surface area contributed by atoms with Gasteiger partial charge in [-0.2, -0.15) is 0 Å². The van der Waals surface area contributed by atoms with E-state index in [2.05, 4.69) is 5.32 Å². The Balaban J connectivity index is 2.91.